The summed E-state index contributed by atoms with van der Waals surface area (Å²) in [5.41, 5.74) is 0.577. The van der Waals surface area contributed by atoms with Crippen LogP contribution in [0.1, 0.15) is 92.2 Å². The highest BCUT2D eigenvalue weighted by atomic mass is 16.2. The third-order valence-electron chi connectivity index (χ3n) is 8.32. The highest BCUT2D eigenvalue weighted by Crippen LogP contribution is 2.43. The van der Waals surface area contributed by atoms with Crippen molar-refractivity contribution in [2.24, 2.45) is 35.5 Å². The second kappa shape index (κ2) is 8.59. The van der Waals surface area contributed by atoms with Crippen LogP contribution in [-0.2, 0) is 0 Å². The lowest BCUT2D eigenvalue weighted by molar-refractivity contribution is 0.148. The van der Waals surface area contributed by atoms with Crippen LogP contribution in [0.4, 0.5) is 0 Å². The fourth-order valence-corrected chi connectivity index (χ4v) is 6.54. The van der Waals surface area contributed by atoms with Gasteiger partial charge >= 0.3 is 5.69 Å². The van der Waals surface area contributed by atoms with Gasteiger partial charge in [-0.1, -0.05) is 54.4 Å². The Morgan fingerprint density at radius 1 is 0.903 bits per heavy atom. The number of hydrogen-bond acceptors (Lipinski definition) is 3. The monoisotopic (exact) mass is 428 g/mol. The Labute approximate surface area is 185 Å². The number of imidazole rings is 1. The van der Waals surface area contributed by atoms with Crippen LogP contribution in [-0.4, -0.2) is 19.1 Å². The fourth-order valence-electron chi connectivity index (χ4n) is 6.54. The minimum absolute atomic E-state index is 0.0881. The Hall–Kier alpha value is -1.85. The van der Waals surface area contributed by atoms with Gasteiger partial charge in [0, 0.05) is 12.1 Å². The topological polar surface area (TPSA) is 72.7 Å². The maximum absolute atomic E-state index is 13.1. The van der Waals surface area contributed by atoms with Gasteiger partial charge in [-0.15, -0.1) is 0 Å². The second-order valence-corrected chi connectivity index (χ2v) is 11.2. The summed E-state index contributed by atoms with van der Waals surface area (Å²) in [5.74, 6) is 3.17. The molecule has 0 saturated heterocycles. The SMILES string of the molecule is CC1CCC(C(C)C)C(n2cnc3c2c(=O)[nH]c(=O)n3C2CC(C)CCC2C(C)C)C1. The lowest BCUT2D eigenvalue weighted by atomic mass is 9.73. The molecule has 31 heavy (non-hydrogen) atoms. The van der Waals surface area contributed by atoms with E-state index in [-0.39, 0.29) is 23.3 Å². The molecule has 0 radical (unpaired) electrons. The summed E-state index contributed by atoms with van der Waals surface area (Å²) in [5, 5.41) is 0. The Morgan fingerprint density at radius 2 is 1.45 bits per heavy atom. The molecule has 0 aliphatic heterocycles. The summed E-state index contributed by atoms with van der Waals surface area (Å²) in [6, 6.07) is 0.345. The van der Waals surface area contributed by atoms with E-state index in [9.17, 15) is 9.59 Å². The van der Waals surface area contributed by atoms with Gasteiger partial charge < -0.3 is 4.57 Å². The molecule has 4 rings (SSSR count). The van der Waals surface area contributed by atoms with Crippen molar-refractivity contribution in [1.29, 1.82) is 0 Å². The minimum Gasteiger partial charge on any atom is -0.321 e. The van der Waals surface area contributed by atoms with Crippen molar-refractivity contribution >= 4 is 11.2 Å². The highest BCUT2D eigenvalue weighted by molar-refractivity contribution is 5.70. The van der Waals surface area contributed by atoms with Crippen LogP contribution in [0.25, 0.3) is 11.2 Å². The normalized spacial score (nSPS) is 32.3. The summed E-state index contributed by atoms with van der Waals surface area (Å²) in [6.45, 7) is 13.6. The lowest BCUT2D eigenvalue weighted by Crippen LogP contribution is -2.40. The van der Waals surface area contributed by atoms with Gasteiger partial charge in [0.25, 0.3) is 5.56 Å². The lowest BCUT2D eigenvalue weighted by Gasteiger charge is -2.39. The summed E-state index contributed by atoms with van der Waals surface area (Å²) in [6.07, 6.45) is 8.59. The molecule has 0 bridgehead atoms. The largest absolute Gasteiger partial charge is 0.330 e. The molecule has 2 aliphatic rings. The van der Waals surface area contributed by atoms with Gasteiger partial charge in [-0.25, -0.2) is 9.78 Å². The molecule has 2 aromatic rings. The number of fused-ring (bicyclic) bond motifs is 1. The number of aromatic amines is 1. The zero-order valence-corrected chi connectivity index (χ0v) is 20.1. The average molecular weight is 429 g/mol. The summed E-state index contributed by atoms with van der Waals surface area (Å²) in [7, 11) is 0. The van der Waals surface area contributed by atoms with E-state index in [1.54, 1.807) is 0 Å². The zero-order valence-electron chi connectivity index (χ0n) is 20.1. The molecule has 0 aromatic carbocycles. The maximum Gasteiger partial charge on any atom is 0.330 e. The van der Waals surface area contributed by atoms with Crippen LogP contribution in [0.15, 0.2) is 15.9 Å². The quantitative estimate of drug-likeness (QED) is 0.732. The molecule has 6 unspecified atom stereocenters. The van der Waals surface area contributed by atoms with E-state index >= 15 is 0 Å². The van der Waals surface area contributed by atoms with Crippen molar-refractivity contribution in [3.63, 3.8) is 0 Å². The van der Waals surface area contributed by atoms with Crippen LogP contribution >= 0.6 is 0 Å². The van der Waals surface area contributed by atoms with E-state index in [1.807, 2.05) is 10.9 Å². The standard InChI is InChI=1S/C25H40N4O2/c1-14(2)18-9-7-16(5)11-20(18)28-13-26-23-22(28)24(30)27-25(31)29(23)21-12-17(6)8-10-19(21)15(3)4/h13-21H,7-12H2,1-6H3,(H,27,30,31). The Morgan fingerprint density at radius 3 is 2.03 bits per heavy atom. The molecule has 6 heteroatoms. The Kier molecular flexibility index (Phi) is 6.19. The smallest absolute Gasteiger partial charge is 0.321 e. The first-order valence-electron chi connectivity index (χ1n) is 12.4. The molecule has 6 nitrogen and oxygen atoms in total. The van der Waals surface area contributed by atoms with Crippen LogP contribution in [0.5, 0.6) is 0 Å². The molecule has 2 fully saturated rings. The number of aromatic nitrogens is 4. The van der Waals surface area contributed by atoms with E-state index in [1.165, 1.54) is 19.3 Å². The number of nitrogens with zero attached hydrogens (tertiary/aromatic N) is 3. The average Bonchev–Trinajstić information content (AvgIpc) is 3.12. The zero-order chi connectivity index (χ0) is 22.4. The number of hydrogen-bond donors (Lipinski definition) is 1. The van der Waals surface area contributed by atoms with Crippen LogP contribution in [0.3, 0.4) is 0 Å². The van der Waals surface area contributed by atoms with Crippen molar-refractivity contribution in [3.05, 3.63) is 27.2 Å². The van der Waals surface area contributed by atoms with E-state index in [2.05, 4.69) is 51.1 Å². The molecular weight excluding hydrogens is 388 g/mol. The third-order valence-corrected chi connectivity index (χ3v) is 8.32. The van der Waals surface area contributed by atoms with Crippen molar-refractivity contribution in [1.82, 2.24) is 19.1 Å². The predicted octanol–water partition coefficient (Wildman–Crippen LogP) is 5.15. The van der Waals surface area contributed by atoms with E-state index < -0.39 is 0 Å². The van der Waals surface area contributed by atoms with E-state index in [0.29, 0.717) is 46.7 Å². The highest BCUT2D eigenvalue weighted by Gasteiger charge is 2.36. The first-order chi connectivity index (χ1) is 14.7. The van der Waals surface area contributed by atoms with Gasteiger partial charge in [0.05, 0.1) is 6.33 Å². The van der Waals surface area contributed by atoms with E-state index in [4.69, 9.17) is 4.98 Å². The molecule has 2 aromatic heterocycles. The Bertz CT molecular complexity index is 1030. The van der Waals surface area contributed by atoms with Gasteiger partial charge in [0.1, 0.15) is 0 Å². The first-order valence-corrected chi connectivity index (χ1v) is 12.4. The van der Waals surface area contributed by atoms with E-state index in [0.717, 1.165) is 19.3 Å². The minimum atomic E-state index is -0.301. The van der Waals surface area contributed by atoms with Gasteiger partial charge in [-0.05, 0) is 61.2 Å². The molecule has 1 N–H and O–H groups in total. The summed E-state index contributed by atoms with van der Waals surface area (Å²) in [4.78, 5) is 33.6. The number of H-pyrrole nitrogens is 1. The van der Waals surface area contributed by atoms with Gasteiger partial charge in [-0.2, -0.15) is 0 Å². The first kappa shape index (κ1) is 22.3. The molecule has 6 atom stereocenters. The molecular formula is C25H40N4O2. The second-order valence-electron chi connectivity index (χ2n) is 11.2. The molecule has 0 spiro atoms. The number of nitrogens with one attached hydrogen (secondary N) is 1. The fraction of sp³-hybridized carbons (Fsp3) is 0.800. The van der Waals surface area contributed by atoms with Crippen LogP contribution < -0.4 is 11.2 Å². The third kappa shape index (κ3) is 4.03. The van der Waals surface area contributed by atoms with Crippen molar-refractivity contribution in [3.8, 4) is 0 Å². The Balaban J connectivity index is 1.87. The van der Waals surface area contributed by atoms with Crippen molar-refractivity contribution < 1.29 is 0 Å². The predicted molar refractivity (Wildman–Crippen MR) is 125 cm³/mol. The van der Waals surface area contributed by atoms with Gasteiger partial charge in [0.15, 0.2) is 11.2 Å². The maximum atomic E-state index is 13.1. The van der Waals surface area contributed by atoms with Crippen LogP contribution in [0, 0.1) is 35.5 Å². The summed E-state index contributed by atoms with van der Waals surface area (Å²) >= 11 is 0. The van der Waals surface area contributed by atoms with Gasteiger partial charge in [-0.3, -0.25) is 14.3 Å². The molecule has 172 valence electrons. The number of rotatable bonds is 4. The van der Waals surface area contributed by atoms with Gasteiger partial charge in [0.2, 0.25) is 0 Å². The van der Waals surface area contributed by atoms with Crippen molar-refractivity contribution in [2.75, 3.05) is 0 Å². The molecule has 0 amide bonds. The molecule has 2 heterocycles. The van der Waals surface area contributed by atoms with Crippen LogP contribution in [0.2, 0.25) is 0 Å². The molecule has 2 aliphatic carbocycles. The molecule has 2 saturated carbocycles. The summed E-state index contributed by atoms with van der Waals surface area (Å²) < 4.78 is 3.95. The van der Waals surface area contributed by atoms with Crippen molar-refractivity contribution in [2.45, 2.75) is 92.2 Å².